The molecule has 0 fully saturated rings. The molecule has 178 valence electrons. The Kier molecular flexibility index (Phi) is 10.6. The number of aliphatic carboxylic acids is 3. The molecule has 0 heterocycles. The molecule has 0 aliphatic carbocycles. The van der Waals surface area contributed by atoms with E-state index in [2.05, 4.69) is 10.0 Å². The minimum atomic E-state index is -3.69. The van der Waals surface area contributed by atoms with E-state index in [-0.39, 0.29) is 30.7 Å². The summed E-state index contributed by atoms with van der Waals surface area (Å²) in [5.41, 5.74) is 0.914. The Hall–Kier alpha value is -3.19. The normalized spacial score (nSPS) is 13.0. The Morgan fingerprint density at radius 3 is 1.91 bits per heavy atom. The highest BCUT2D eigenvalue weighted by atomic mass is 32.2. The van der Waals surface area contributed by atoms with Crippen molar-refractivity contribution in [2.75, 3.05) is 6.54 Å². The van der Waals surface area contributed by atoms with Crippen LogP contribution in [0, 0.1) is 6.92 Å². The van der Waals surface area contributed by atoms with Crippen LogP contribution in [-0.4, -0.2) is 66.3 Å². The zero-order valence-electron chi connectivity index (χ0n) is 17.4. The van der Waals surface area contributed by atoms with Crippen LogP contribution in [0.1, 0.15) is 37.7 Å². The van der Waals surface area contributed by atoms with Gasteiger partial charge in [-0.05, 0) is 44.7 Å². The third-order valence-electron chi connectivity index (χ3n) is 4.40. The molecule has 0 aliphatic heterocycles. The maximum Gasteiger partial charge on any atom is 0.326 e. The lowest BCUT2D eigenvalue weighted by Crippen LogP contribution is -2.51. The van der Waals surface area contributed by atoms with Gasteiger partial charge in [0.05, 0.1) is 4.90 Å². The van der Waals surface area contributed by atoms with E-state index in [4.69, 9.17) is 10.2 Å². The molecule has 12 nitrogen and oxygen atoms in total. The third-order valence-corrected chi connectivity index (χ3v) is 5.87. The highest BCUT2D eigenvalue weighted by Crippen LogP contribution is 2.10. The van der Waals surface area contributed by atoms with E-state index in [0.717, 1.165) is 5.56 Å². The summed E-state index contributed by atoms with van der Waals surface area (Å²) in [6.45, 7) is 1.89. The molecule has 0 radical (unpaired) electrons. The number of carbonyl (C=O) groups is 4. The van der Waals surface area contributed by atoms with Crippen LogP contribution in [-0.2, 0) is 24.4 Å². The van der Waals surface area contributed by atoms with Gasteiger partial charge < -0.3 is 26.0 Å². The highest BCUT2D eigenvalue weighted by Gasteiger charge is 2.24. The zero-order valence-corrected chi connectivity index (χ0v) is 18.2. The quantitative estimate of drug-likeness (QED) is 0.208. The summed E-state index contributed by atoms with van der Waals surface area (Å²) >= 11 is 0. The maximum absolute atomic E-state index is 12.2. The molecule has 0 spiro atoms. The number of aryl methyl sites for hydroxylation is 1. The van der Waals surface area contributed by atoms with Crippen molar-refractivity contribution in [3.8, 4) is 0 Å². The van der Waals surface area contributed by atoms with Crippen LogP contribution in [0.2, 0.25) is 0 Å². The molecule has 1 rings (SSSR count). The predicted octanol–water partition coefficient (Wildman–Crippen LogP) is 0.514. The Labute approximate surface area is 185 Å². The molecule has 0 aliphatic rings. The standard InChI is InChI=1S/C19H27N3O9S/c1-12-5-7-13(8-6-12)32(30,31)20-11-3-2-4-14(17(25)26)21-19(29)22-15(18(27)28)9-10-16(23)24/h5-8,14-15,20H,2-4,9-11H2,1H3,(H,23,24)(H,25,26)(H,27,28)(H2,21,22,29). The smallest absolute Gasteiger partial charge is 0.326 e. The van der Waals surface area contributed by atoms with Crippen molar-refractivity contribution < 1.29 is 42.9 Å². The molecule has 2 unspecified atom stereocenters. The molecule has 0 saturated heterocycles. The fourth-order valence-corrected chi connectivity index (χ4v) is 3.70. The molecule has 32 heavy (non-hydrogen) atoms. The molecule has 2 amide bonds. The Balaban J connectivity index is 2.48. The van der Waals surface area contributed by atoms with Crippen LogP contribution in [0.25, 0.3) is 0 Å². The van der Waals surface area contributed by atoms with Crippen molar-refractivity contribution in [1.82, 2.24) is 15.4 Å². The number of urea groups is 1. The number of rotatable bonds is 14. The summed E-state index contributed by atoms with van der Waals surface area (Å²) in [5, 5.41) is 31.1. The molecular formula is C19H27N3O9S. The summed E-state index contributed by atoms with van der Waals surface area (Å²) in [6, 6.07) is 2.39. The molecule has 1 aromatic rings. The lowest BCUT2D eigenvalue weighted by atomic mass is 10.1. The molecule has 0 saturated carbocycles. The van der Waals surface area contributed by atoms with E-state index in [1.54, 1.807) is 12.1 Å². The Bertz CT molecular complexity index is 916. The second-order valence-electron chi connectivity index (χ2n) is 7.04. The van der Waals surface area contributed by atoms with Crippen LogP contribution in [0.4, 0.5) is 4.79 Å². The molecule has 0 aromatic heterocycles. The van der Waals surface area contributed by atoms with E-state index in [1.807, 2.05) is 12.2 Å². The van der Waals surface area contributed by atoms with Crippen molar-refractivity contribution in [2.45, 2.75) is 56.0 Å². The average Bonchev–Trinajstić information content (AvgIpc) is 2.69. The Morgan fingerprint density at radius 1 is 0.875 bits per heavy atom. The number of nitrogens with one attached hydrogen (secondary N) is 3. The van der Waals surface area contributed by atoms with Crippen molar-refractivity contribution >= 4 is 34.0 Å². The van der Waals surface area contributed by atoms with Crippen LogP contribution in [0.15, 0.2) is 29.2 Å². The summed E-state index contributed by atoms with van der Waals surface area (Å²) in [5.74, 6) is -4.04. The number of amides is 2. The topological polar surface area (TPSA) is 199 Å². The molecule has 13 heteroatoms. The number of hydrogen-bond acceptors (Lipinski definition) is 6. The van der Waals surface area contributed by atoms with Crippen molar-refractivity contribution in [1.29, 1.82) is 0 Å². The van der Waals surface area contributed by atoms with E-state index in [0.29, 0.717) is 6.42 Å². The summed E-state index contributed by atoms with van der Waals surface area (Å²) in [4.78, 5) is 45.1. The van der Waals surface area contributed by atoms with Gasteiger partial charge in [0.25, 0.3) is 0 Å². The van der Waals surface area contributed by atoms with Crippen LogP contribution in [0.3, 0.4) is 0 Å². The lowest BCUT2D eigenvalue weighted by Gasteiger charge is -2.18. The number of unbranched alkanes of at least 4 members (excludes halogenated alkanes) is 1. The van der Waals surface area contributed by atoms with Gasteiger partial charge in [-0.25, -0.2) is 27.5 Å². The van der Waals surface area contributed by atoms with E-state index in [1.165, 1.54) is 12.1 Å². The van der Waals surface area contributed by atoms with Crippen molar-refractivity contribution in [2.24, 2.45) is 0 Å². The summed E-state index contributed by atoms with van der Waals surface area (Å²) < 4.78 is 26.8. The number of hydrogen-bond donors (Lipinski definition) is 6. The fraction of sp³-hybridized carbons (Fsp3) is 0.474. The number of carbonyl (C=O) groups excluding carboxylic acids is 1. The van der Waals surface area contributed by atoms with Crippen LogP contribution >= 0.6 is 0 Å². The van der Waals surface area contributed by atoms with Gasteiger partial charge in [0.15, 0.2) is 0 Å². The molecule has 0 bridgehead atoms. The van der Waals surface area contributed by atoms with Crippen molar-refractivity contribution in [3.05, 3.63) is 29.8 Å². The first-order valence-electron chi connectivity index (χ1n) is 9.73. The van der Waals surface area contributed by atoms with Gasteiger partial charge in [-0.15, -0.1) is 0 Å². The second kappa shape index (κ2) is 12.6. The van der Waals surface area contributed by atoms with Crippen LogP contribution < -0.4 is 15.4 Å². The van der Waals surface area contributed by atoms with Crippen molar-refractivity contribution in [3.63, 3.8) is 0 Å². The summed E-state index contributed by atoms with van der Waals surface area (Å²) in [6.07, 6.45) is -0.319. The Morgan fingerprint density at radius 2 is 1.41 bits per heavy atom. The van der Waals surface area contributed by atoms with Gasteiger partial charge >= 0.3 is 23.9 Å². The number of carboxylic acids is 3. The van der Waals surface area contributed by atoms with Crippen LogP contribution in [0.5, 0.6) is 0 Å². The predicted molar refractivity (Wildman–Crippen MR) is 112 cm³/mol. The highest BCUT2D eigenvalue weighted by molar-refractivity contribution is 7.89. The summed E-state index contributed by atoms with van der Waals surface area (Å²) in [7, 11) is -3.69. The van der Waals surface area contributed by atoms with E-state index < -0.39 is 52.5 Å². The van der Waals surface area contributed by atoms with E-state index >= 15 is 0 Å². The number of carboxylic acid groups (broad SMARTS) is 3. The lowest BCUT2D eigenvalue weighted by molar-refractivity contribution is -0.140. The minimum absolute atomic E-state index is 0.0259. The number of benzene rings is 1. The monoisotopic (exact) mass is 473 g/mol. The minimum Gasteiger partial charge on any atom is -0.481 e. The van der Waals surface area contributed by atoms with E-state index in [9.17, 15) is 32.7 Å². The number of sulfonamides is 1. The largest absolute Gasteiger partial charge is 0.481 e. The van der Waals surface area contributed by atoms with Gasteiger partial charge in [0.1, 0.15) is 12.1 Å². The molecule has 1 aromatic carbocycles. The second-order valence-corrected chi connectivity index (χ2v) is 8.81. The van der Waals surface area contributed by atoms with Gasteiger partial charge in [-0.2, -0.15) is 0 Å². The zero-order chi connectivity index (χ0) is 24.3. The first-order valence-corrected chi connectivity index (χ1v) is 11.2. The fourth-order valence-electron chi connectivity index (χ4n) is 2.62. The van der Waals surface area contributed by atoms with Gasteiger partial charge in [0.2, 0.25) is 10.0 Å². The molecule has 6 N–H and O–H groups in total. The molecule has 2 atom stereocenters. The van der Waals surface area contributed by atoms with Gasteiger partial charge in [0, 0.05) is 13.0 Å². The third kappa shape index (κ3) is 9.75. The molecular weight excluding hydrogens is 446 g/mol. The van der Waals surface area contributed by atoms with Gasteiger partial charge in [-0.1, -0.05) is 17.7 Å². The first-order chi connectivity index (χ1) is 14.9. The van der Waals surface area contributed by atoms with Gasteiger partial charge in [-0.3, -0.25) is 4.79 Å². The first kappa shape index (κ1) is 26.8. The maximum atomic E-state index is 12.2. The average molecular weight is 474 g/mol. The SMILES string of the molecule is Cc1ccc(S(=O)(=O)NCCCCC(NC(=O)NC(CCC(=O)O)C(=O)O)C(=O)O)cc1.